The van der Waals surface area contributed by atoms with Gasteiger partial charge < -0.3 is 4.74 Å². The van der Waals surface area contributed by atoms with Crippen LogP contribution in [-0.2, 0) is 0 Å². The van der Waals surface area contributed by atoms with Gasteiger partial charge in [0.25, 0.3) is 0 Å². The third-order valence-corrected chi connectivity index (χ3v) is 8.63. The van der Waals surface area contributed by atoms with Crippen LogP contribution in [0.25, 0.3) is 0 Å². The predicted molar refractivity (Wildman–Crippen MR) is 99.9 cm³/mol. The average Bonchev–Trinajstić information content (AvgIpc) is 2.93. The van der Waals surface area contributed by atoms with Crippen LogP contribution in [0.5, 0.6) is 5.75 Å². The van der Waals surface area contributed by atoms with Gasteiger partial charge in [0.15, 0.2) is 0 Å². The van der Waals surface area contributed by atoms with Crippen LogP contribution in [0.3, 0.4) is 0 Å². The van der Waals surface area contributed by atoms with Crippen LogP contribution in [0.15, 0.2) is 35.1 Å². The largest absolute Gasteiger partial charge is 0.497 e. The fourth-order valence-electron chi connectivity index (χ4n) is 3.66. The summed E-state index contributed by atoms with van der Waals surface area (Å²) in [6.45, 7) is 11.6. The lowest BCUT2D eigenvalue weighted by molar-refractivity contribution is 0.414. The van der Waals surface area contributed by atoms with Crippen molar-refractivity contribution in [2.24, 2.45) is 0 Å². The first-order chi connectivity index (χ1) is 10.4. The fourth-order valence-corrected chi connectivity index (χ4v) is 7.08. The molecule has 120 valence electrons. The highest BCUT2D eigenvalue weighted by molar-refractivity contribution is 6.96. The molecule has 0 spiro atoms. The van der Waals surface area contributed by atoms with Gasteiger partial charge >= 0.3 is 0 Å². The highest BCUT2D eigenvalue weighted by Gasteiger charge is 2.34. The molecule has 0 saturated carbocycles. The van der Waals surface area contributed by atoms with Gasteiger partial charge in [-0.05, 0) is 43.9 Å². The zero-order chi connectivity index (χ0) is 16.3. The summed E-state index contributed by atoms with van der Waals surface area (Å²) in [5.41, 5.74) is 4.20. The van der Waals surface area contributed by atoms with Crippen LogP contribution in [0.1, 0.15) is 43.7 Å². The molecule has 0 fully saturated rings. The van der Waals surface area contributed by atoms with Crippen molar-refractivity contribution < 1.29 is 4.74 Å². The molecule has 1 aliphatic rings. The fraction of sp³-hybridized carbons (Fsp3) is 0.500. The van der Waals surface area contributed by atoms with Crippen LogP contribution in [0.4, 0.5) is 0 Å². The van der Waals surface area contributed by atoms with Crippen molar-refractivity contribution in [3.8, 4) is 5.75 Å². The molecule has 0 heterocycles. The normalized spacial score (nSPS) is 14.8. The van der Waals surface area contributed by atoms with Gasteiger partial charge in [-0.3, -0.25) is 0 Å². The van der Waals surface area contributed by atoms with Gasteiger partial charge in [-0.25, -0.2) is 0 Å². The molecule has 1 aromatic rings. The molecule has 22 heavy (non-hydrogen) atoms. The van der Waals surface area contributed by atoms with Gasteiger partial charge in [0.2, 0.25) is 0 Å². The lowest BCUT2D eigenvalue weighted by Crippen LogP contribution is -2.45. The Kier molecular flexibility index (Phi) is 5.33. The Morgan fingerprint density at radius 1 is 1.18 bits per heavy atom. The predicted octanol–water partition coefficient (Wildman–Crippen LogP) is 5.21. The molecule has 0 aromatic heterocycles. The second-order valence-electron chi connectivity index (χ2n) is 7.00. The molecule has 1 aliphatic carbocycles. The number of aryl methyl sites for hydroxylation is 2. The maximum Gasteiger partial charge on any atom is 0.121 e. The molecular weight excluding hydrogens is 284 g/mol. The average molecular weight is 315 g/mol. The second kappa shape index (κ2) is 6.87. The number of benzene rings is 1. The van der Waals surface area contributed by atoms with Crippen LogP contribution in [-0.4, -0.2) is 15.2 Å². The standard InChI is InChI=1S/C20H30OSi/c1-7-8-10-17-11-9-12-18(17)22(5,6)19-14-15(2)13-16(3)20(19)21-4/h9,11,13-14H,7-8,10,12H2,1-6H3. The third-order valence-electron chi connectivity index (χ3n) is 4.88. The van der Waals surface area contributed by atoms with Crippen molar-refractivity contribution >= 4 is 13.3 Å². The molecule has 1 aromatic carbocycles. The van der Waals surface area contributed by atoms with E-state index in [1.165, 1.54) is 35.6 Å². The molecule has 0 saturated heterocycles. The summed E-state index contributed by atoms with van der Waals surface area (Å²) in [5, 5.41) is 3.16. The Hall–Kier alpha value is -1.28. The van der Waals surface area contributed by atoms with Gasteiger partial charge in [-0.15, -0.1) is 0 Å². The second-order valence-corrected chi connectivity index (χ2v) is 11.4. The first kappa shape index (κ1) is 17.1. The van der Waals surface area contributed by atoms with Crippen LogP contribution < -0.4 is 9.92 Å². The van der Waals surface area contributed by atoms with Gasteiger partial charge in [-0.1, -0.05) is 67.1 Å². The number of hydrogen-bond donors (Lipinski definition) is 0. The molecular formula is C20H30OSi. The zero-order valence-corrected chi connectivity index (χ0v) is 16.0. The Morgan fingerprint density at radius 3 is 2.55 bits per heavy atom. The summed E-state index contributed by atoms with van der Waals surface area (Å²) < 4.78 is 5.79. The number of methoxy groups -OCH3 is 1. The molecule has 0 atom stereocenters. The maximum atomic E-state index is 5.79. The highest BCUT2D eigenvalue weighted by Crippen LogP contribution is 2.33. The number of hydrogen-bond acceptors (Lipinski definition) is 1. The quantitative estimate of drug-likeness (QED) is 0.655. The smallest absolute Gasteiger partial charge is 0.121 e. The van der Waals surface area contributed by atoms with Gasteiger partial charge in [0, 0.05) is 0 Å². The summed E-state index contributed by atoms with van der Waals surface area (Å²) in [4.78, 5) is 0. The first-order valence-corrected chi connectivity index (χ1v) is 11.5. The van der Waals surface area contributed by atoms with Gasteiger partial charge in [0.1, 0.15) is 13.8 Å². The van der Waals surface area contributed by atoms with Crippen molar-refractivity contribution in [3.63, 3.8) is 0 Å². The minimum Gasteiger partial charge on any atom is -0.497 e. The number of rotatable bonds is 6. The maximum absolute atomic E-state index is 5.79. The molecule has 2 heteroatoms. The summed E-state index contributed by atoms with van der Waals surface area (Å²) in [6.07, 6.45) is 9.64. The number of unbranched alkanes of at least 4 members (excludes halogenated alkanes) is 1. The summed E-state index contributed by atoms with van der Waals surface area (Å²) in [6, 6.07) is 4.59. The Morgan fingerprint density at radius 2 is 1.91 bits per heavy atom. The van der Waals surface area contributed by atoms with Gasteiger partial charge in [-0.2, -0.15) is 0 Å². The van der Waals surface area contributed by atoms with E-state index in [2.05, 4.69) is 58.2 Å². The molecule has 2 rings (SSSR count). The van der Waals surface area contributed by atoms with Crippen LogP contribution in [0, 0.1) is 13.8 Å². The van der Waals surface area contributed by atoms with E-state index in [0.717, 1.165) is 12.2 Å². The molecule has 0 radical (unpaired) electrons. The van der Waals surface area contributed by atoms with E-state index in [9.17, 15) is 0 Å². The monoisotopic (exact) mass is 314 g/mol. The van der Waals surface area contributed by atoms with Crippen LogP contribution >= 0.6 is 0 Å². The molecule has 0 N–H and O–H groups in total. The molecule has 1 nitrogen and oxygen atoms in total. The van der Waals surface area contributed by atoms with E-state index in [4.69, 9.17) is 4.74 Å². The summed E-state index contributed by atoms with van der Waals surface area (Å²) in [5.74, 6) is 1.11. The molecule has 0 bridgehead atoms. The number of allylic oxidation sites excluding steroid dienone is 4. The SMILES string of the molecule is CCCCC1=C([Si](C)(C)c2cc(C)cc(C)c2OC)CC=C1. The van der Waals surface area contributed by atoms with Crippen LogP contribution in [0.2, 0.25) is 13.1 Å². The molecule has 0 aliphatic heterocycles. The minimum atomic E-state index is -1.70. The van der Waals surface area contributed by atoms with E-state index in [1.54, 1.807) is 10.8 Å². The van der Waals surface area contributed by atoms with Crippen molar-refractivity contribution in [1.82, 2.24) is 0 Å². The molecule has 0 amide bonds. The van der Waals surface area contributed by atoms with E-state index in [1.807, 2.05) is 7.11 Å². The Labute approximate surface area is 137 Å². The van der Waals surface area contributed by atoms with Gasteiger partial charge in [0.05, 0.1) is 7.11 Å². The minimum absolute atomic E-state index is 1.11. The topological polar surface area (TPSA) is 9.23 Å². The van der Waals surface area contributed by atoms with E-state index >= 15 is 0 Å². The summed E-state index contributed by atoms with van der Waals surface area (Å²) in [7, 11) is 0.115. The zero-order valence-electron chi connectivity index (χ0n) is 15.0. The van der Waals surface area contributed by atoms with Crippen molar-refractivity contribution in [1.29, 1.82) is 0 Å². The first-order valence-electron chi connectivity index (χ1n) is 8.46. The summed E-state index contributed by atoms with van der Waals surface area (Å²) >= 11 is 0. The van der Waals surface area contributed by atoms with Crippen molar-refractivity contribution in [3.05, 3.63) is 46.2 Å². The lowest BCUT2D eigenvalue weighted by atomic mass is 10.1. The van der Waals surface area contributed by atoms with E-state index in [-0.39, 0.29) is 0 Å². The van der Waals surface area contributed by atoms with E-state index in [0.29, 0.717) is 0 Å². The van der Waals surface area contributed by atoms with Crippen molar-refractivity contribution in [2.45, 2.75) is 59.5 Å². The lowest BCUT2D eigenvalue weighted by Gasteiger charge is -2.29. The third kappa shape index (κ3) is 3.22. The number of ether oxygens (including phenoxy) is 1. The van der Waals surface area contributed by atoms with Crippen molar-refractivity contribution in [2.75, 3.05) is 7.11 Å². The molecule has 0 unspecified atom stereocenters. The highest BCUT2D eigenvalue weighted by atomic mass is 28.3. The van der Waals surface area contributed by atoms with E-state index < -0.39 is 8.07 Å². The Bertz CT molecular complexity index is 608. The Balaban J connectivity index is 2.50.